The maximum absolute atomic E-state index is 13.1. The minimum absolute atomic E-state index is 0.0289. The Balaban J connectivity index is 2.16. The molecule has 0 amide bonds. The van der Waals surface area contributed by atoms with Gasteiger partial charge in [0.05, 0.1) is 6.54 Å². The van der Waals surface area contributed by atoms with Gasteiger partial charge in [-0.1, -0.05) is 12.1 Å². The maximum atomic E-state index is 13.1. The number of halogens is 1. The molecular formula is C12H14FNO2. The van der Waals surface area contributed by atoms with Gasteiger partial charge in [-0.2, -0.15) is 0 Å². The lowest BCUT2D eigenvalue weighted by Gasteiger charge is -2.22. The normalized spacial score (nSPS) is 21.2. The van der Waals surface area contributed by atoms with Gasteiger partial charge in [0, 0.05) is 6.04 Å². The maximum Gasteiger partial charge on any atom is 0.317 e. The van der Waals surface area contributed by atoms with Crippen molar-refractivity contribution < 1.29 is 14.3 Å². The average molecular weight is 223 g/mol. The van der Waals surface area contributed by atoms with Crippen molar-refractivity contribution in [3.05, 3.63) is 35.6 Å². The fraction of sp³-hybridized carbons (Fsp3) is 0.417. The number of hydrogen-bond donors (Lipinski definition) is 1. The summed E-state index contributed by atoms with van der Waals surface area (Å²) >= 11 is 0. The molecule has 1 aromatic carbocycles. The molecule has 2 rings (SSSR count). The first kappa shape index (κ1) is 11.1. The van der Waals surface area contributed by atoms with Gasteiger partial charge in [-0.05, 0) is 37.1 Å². The number of benzene rings is 1. The summed E-state index contributed by atoms with van der Waals surface area (Å²) in [5.41, 5.74) is 0.874. The molecule has 0 aromatic heterocycles. The van der Waals surface area contributed by atoms with Crippen molar-refractivity contribution in [1.29, 1.82) is 0 Å². The van der Waals surface area contributed by atoms with Crippen molar-refractivity contribution in [2.45, 2.75) is 18.9 Å². The highest BCUT2D eigenvalue weighted by Gasteiger charge is 2.27. The van der Waals surface area contributed by atoms with Crippen LogP contribution in [-0.2, 0) is 4.79 Å². The third-order valence-electron chi connectivity index (χ3n) is 2.94. The minimum Gasteiger partial charge on any atom is -0.480 e. The zero-order valence-electron chi connectivity index (χ0n) is 8.90. The van der Waals surface area contributed by atoms with Gasteiger partial charge in [-0.15, -0.1) is 0 Å². The fourth-order valence-electron chi connectivity index (χ4n) is 2.28. The Morgan fingerprint density at radius 1 is 1.56 bits per heavy atom. The van der Waals surface area contributed by atoms with E-state index in [9.17, 15) is 9.18 Å². The molecule has 1 atom stereocenters. The number of carboxylic acid groups (broad SMARTS) is 1. The SMILES string of the molecule is O=C(O)CN1CCC[C@@H]1c1cccc(F)c1. The number of rotatable bonds is 3. The Kier molecular flexibility index (Phi) is 3.19. The number of carbonyl (C=O) groups is 1. The standard InChI is InChI=1S/C12H14FNO2/c13-10-4-1-3-9(7-10)11-5-2-6-14(11)8-12(15)16/h1,3-4,7,11H,2,5-6,8H2,(H,15,16)/t11-/m1/s1. The highest BCUT2D eigenvalue weighted by atomic mass is 19.1. The van der Waals surface area contributed by atoms with Gasteiger partial charge in [0.25, 0.3) is 0 Å². The number of likely N-dealkylation sites (tertiary alicyclic amines) is 1. The molecule has 0 aliphatic carbocycles. The smallest absolute Gasteiger partial charge is 0.317 e. The van der Waals surface area contributed by atoms with Crippen LogP contribution in [0, 0.1) is 5.82 Å². The Morgan fingerprint density at radius 2 is 2.38 bits per heavy atom. The molecule has 1 aliphatic heterocycles. The van der Waals surface area contributed by atoms with Crippen LogP contribution < -0.4 is 0 Å². The van der Waals surface area contributed by atoms with Crippen LogP contribution in [0.25, 0.3) is 0 Å². The summed E-state index contributed by atoms with van der Waals surface area (Å²) in [5.74, 6) is -1.09. The molecular weight excluding hydrogens is 209 g/mol. The summed E-state index contributed by atoms with van der Waals surface area (Å²) in [5, 5.41) is 8.78. The zero-order chi connectivity index (χ0) is 11.5. The molecule has 1 saturated heterocycles. The van der Waals surface area contributed by atoms with Gasteiger partial charge in [0.1, 0.15) is 5.82 Å². The van der Waals surface area contributed by atoms with Gasteiger partial charge < -0.3 is 5.11 Å². The quantitative estimate of drug-likeness (QED) is 0.852. The second kappa shape index (κ2) is 4.61. The lowest BCUT2D eigenvalue weighted by Crippen LogP contribution is -2.29. The van der Waals surface area contributed by atoms with Crippen LogP contribution in [-0.4, -0.2) is 29.1 Å². The largest absolute Gasteiger partial charge is 0.480 e. The molecule has 86 valence electrons. The third-order valence-corrected chi connectivity index (χ3v) is 2.94. The van der Waals surface area contributed by atoms with Crippen LogP contribution in [0.4, 0.5) is 4.39 Å². The number of carboxylic acids is 1. The predicted octanol–water partition coefficient (Wildman–Crippen LogP) is 2.05. The van der Waals surface area contributed by atoms with Crippen LogP contribution in [0.2, 0.25) is 0 Å². The third kappa shape index (κ3) is 2.39. The highest BCUT2D eigenvalue weighted by molar-refractivity contribution is 5.69. The molecule has 0 unspecified atom stereocenters. The second-order valence-corrected chi connectivity index (χ2v) is 4.08. The van der Waals surface area contributed by atoms with E-state index in [0.29, 0.717) is 0 Å². The molecule has 1 aliphatic rings. The summed E-state index contributed by atoms with van der Waals surface area (Å²) in [7, 11) is 0. The molecule has 0 bridgehead atoms. The van der Waals surface area contributed by atoms with Crippen LogP contribution >= 0.6 is 0 Å². The topological polar surface area (TPSA) is 40.5 Å². The molecule has 16 heavy (non-hydrogen) atoms. The van der Waals surface area contributed by atoms with Crippen LogP contribution in [0.3, 0.4) is 0 Å². The van der Waals surface area contributed by atoms with Gasteiger partial charge in [-0.25, -0.2) is 4.39 Å². The molecule has 0 radical (unpaired) electrons. The van der Waals surface area contributed by atoms with E-state index in [1.807, 2.05) is 11.0 Å². The first-order valence-corrected chi connectivity index (χ1v) is 5.38. The molecule has 1 fully saturated rings. The van der Waals surface area contributed by atoms with E-state index in [1.165, 1.54) is 12.1 Å². The summed E-state index contributed by atoms with van der Waals surface area (Å²) in [6.45, 7) is 0.800. The Hall–Kier alpha value is -1.42. The first-order chi connectivity index (χ1) is 7.66. The van der Waals surface area contributed by atoms with Crippen molar-refractivity contribution in [3.8, 4) is 0 Å². The van der Waals surface area contributed by atoms with Crippen molar-refractivity contribution >= 4 is 5.97 Å². The second-order valence-electron chi connectivity index (χ2n) is 4.08. The highest BCUT2D eigenvalue weighted by Crippen LogP contribution is 2.31. The lowest BCUT2D eigenvalue weighted by atomic mass is 10.0. The number of aliphatic carboxylic acids is 1. The lowest BCUT2D eigenvalue weighted by molar-refractivity contribution is -0.138. The predicted molar refractivity (Wildman–Crippen MR) is 57.6 cm³/mol. The molecule has 0 spiro atoms. The van der Waals surface area contributed by atoms with E-state index in [0.717, 1.165) is 24.9 Å². The number of nitrogens with zero attached hydrogens (tertiary/aromatic N) is 1. The van der Waals surface area contributed by atoms with Crippen molar-refractivity contribution in [3.63, 3.8) is 0 Å². The van der Waals surface area contributed by atoms with E-state index >= 15 is 0 Å². The zero-order valence-corrected chi connectivity index (χ0v) is 8.90. The van der Waals surface area contributed by atoms with Crippen molar-refractivity contribution in [1.82, 2.24) is 4.90 Å². The van der Waals surface area contributed by atoms with E-state index < -0.39 is 5.97 Å². The van der Waals surface area contributed by atoms with Gasteiger partial charge in [0.15, 0.2) is 0 Å². The molecule has 1 heterocycles. The Bertz CT molecular complexity index is 394. The van der Waals surface area contributed by atoms with E-state index in [2.05, 4.69) is 0 Å². The van der Waals surface area contributed by atoms with E-state index in [4.69, 9.17) is 5.11 Å². The molecule has 3 nitrogen and oxygen atoms in total. The van der Waals surface area contributed by atoms with Crippen molar-refractivity contribution in [2.24, 2.45) is 0 Å². The summed E-state index contributed by atoms with van der Waals surface area (Å²) in [6.07, 6.45) is 1.87. The van der Waals surface area contributed by atoms with Crippen molar-refractivity contribution in [2.75, 3.05) is 13.1 Å². The number of hydrogen-bond acceptors (Lipinski definition) is 2. The minimum atomic E-state index is -0.830. The summed E-state index contributed by atoms with van der Waals surface area (Å²) in [6, 6.07) is 6.47. The molecule has 1 aromatic rings. The van der Waals surface area contributed by atoms with Gasteiger partial charge in [-0.3, -0.25) is 9.69 Å². The Morgan fingerprint density at radius 3 is 3.06 bits per heavy atom. The molecule has 0 saturated carbocycles. The molecule has 1 N–H and O–H groups in total. The Labute approximate surface area is 93.5 Å². The molecule has 4 heteroatoms. The van der Waals surface area contributed by atoms with Crippen LogP contribution in [0.5, 0.6) is 0 Å². The summed E-state index contributed by atoms with van der Waals surface area (Å²) < 4.78 is 13.1. The van der Waals surface area contributed by atoms with Crippen LogP contribution in [0.15, 0.2) is 24.3 Å². The monoisotopic (exact) mass is 223 g/mol. The summed E-state index contributed by atoms with van der Waals surface area (Å²) in [4.78, 5) is 12.6. The fourth-order valence-corrected chi connectivity index (χ4v) is 2.28. The average Bonchev–Trinajstić information content (AvgIpc) is 2.65. The van der Waals surface area contributed by atoms with E-state index in [1.54, 1.807) is 6.07 Å². The van der Waals surface area contributed by atoms with Gasteiger partial charge in [0.2, 0.25) is 0 Å². The van der Waals surface area contributed by atoms with Gasteiger partial charge >= 0.3 is 5.97 Å². The van der Waals surface area contributed by atoms with Crippen LogP contribution in [0.1, 0.15) is 24.4 Å². The first-order valence-electron chi connectivity index (χ1n) is 5.38. The van der Waals surface area contributed by atoms with E-state index in [-0.39, 0.29) is 18.4 Å².